The van der Waals surface area contributed by atoms with E-state index in [1.54, 1.807) is 6.07 Å². The van der Waals surface area contributed by atoms with E-state index in [4.69, 9.17) is 0 Å². The van der Waals surface area contributed by atoms with E-state index in [1.807, 2.05) is 0 Å². The SMILES string of the molecule is CCN(CC)CCc1nc(C2CC2)cc(=O)[nH]1. The third kappa shape index (κ3) is 3.40. The van der Waals surface area contributed by atoms with Crippen molar-refractivity contribution in [3.63, 3.8) is 0 Å². The molecule has 1 N–H and O–H groups in total. The molecule has 1 aromatic rings. The minimum Gasteiger partial charge on any atom is -0.311 e. The van der Waals surface area contributed by atoms with Crippen LogP contribution in [-0.4, -0.2) is 34.5 Å². The van der Waals surface area contributed by atoms with Crippen LogP contribution in [0.15, 0.2) is 10.9 Å². The second-order valence-corrected chi connectivity index (χ2v) is 4.67. The quantitative estimate of drug-likeness (QED) is 0.813. The number of aromatic nitrogens is 2. The Morgan fingerprint density at radius 1 is 1.41 bits per heavy atom. The van der Waals surface area contributed by atoms with Crippen molar-refractivity contribution in [1.29, 1.82) is 0 Å². The Morgan fingerprint density at radius 3 is 2.71 bits per heavy atom. The molecule has 17 heavy (non-hydrogen) atoms. The summed E-state index contributed by atoms with van der Waals surface area (Å²) in [4.78, 5) is 21.2. The molecule has 1 aromatic heterocycles. The van der Waals surface area contributed by atoms with E-state index >= 15 is 0 Å². The Hall–Kier alpha value is -1.16. The van der Waals surface area contributed by atoms with Gasteiger partial charge in [-0.1, -0.05) is 13.8 Å². The maximum absolute atomic E-state index is 11.5. The predicted molar refractivity (Wildman–Crippen MR) is 68.3 cm³/mol. The van der Waals surface area contributed by atoms with Gasteiger partial charge in [-0.05, 0) is 25.9 Å². The summed E-state index contributed by atoms with van der Waals surface area (Å²) < 4.78 is 0. The van der Waals surface area contributed by atoms with Crippen molar-refractivity contribution in [1.82, 2.24) is 14.9 Å². The molecule has 0 saturated heterocycles. The molecule has 0 aliphatic heterocycles. The number of likely N-dealkylation sites (N-methyl/N-ethyl adjacent to an activating group) is 1. The topological polar surface area (TPSA) is 49.0 Å². The zero-order valence-electron chi connectivity index (χ0n) is 10.7. The van der Waals surface area contributed by atoms with Crippen LogP contribution < -0.4 is 5.56 Å². The third-order valence-corrected chi connectivity index (χ3v) is 3.37. The molecular formula is C13H21N3O. The smallest absolute Gasteiger partial charge is 0.251 e. The van der Waals surface area contributed by atoms with Crippen molar-refractivity contribution in [2.24, 2.45) is 0 Å². The standard InChI is InChI=1S/C13H21N3O/c1-3-16(4-2)8-7-12-14-11(10-5-6-10)9-13(17)15-12/h9-10H,3-8H2,1-2H3,(H,14,15,17). The van der Waals surface area contributed by atoms with Crippen molar-refractivity contribution in [2.45, 2.75) is 39.0 Å². The van der Waals surface area contributed by atoms with Gasteiger partial charge in [-0.3, -0.25) is 4.79 Å². The van der Waals surface area contributed by atoms with Gasteiger partial charge >= 0.3 is 0 Å². The number of rotatable bonds is 6. The summed E-state index contributed by atoms with van der Waals surface area (Å²) in [5.74, 6) is 1.39. The van der Waals surface area contributed by atoms with Gasteiger partial charge in [0, 0.05) is 24.9 Å². The van der Waals surface area contributed by atoms with Crippen LogP contribution in [0.25, 0.3) is 0 Å². The number of hydrogen-bond acceptors (Lipinski definition) is 3. The molecule has 0 spiro atoms. The molecule has 0 unspecified atom stereocenters. The van der Waals surface area contributed by atoms with Gasteiger partial charge in [-0.2, -0.15) is 0 Å². The highest BCUT2D eigenvalue weighted by molar-refractivity contribution is 5.14. The summed E-state index contributed by atoms with van der Waals surface area (Å²) in [6, 6.07) is 1.65. The molecule has 94 valence electrons. The summed E-state index contributed by atoms with van der Waals surface area (Å²) in [7, 11) is 0. The van der Waals surface area contributed by atoms with Crippen LogP contribution in [0, 0.1) is 0 Å². The molecule has 1 fully saturated rings. The van der Waals surface area contributed by atoms with E-state index in [-0.39, 0.29) is 5.56 Å². The van der Waals surface area contributed by atoms with Gasteiger partial charge in [0.15, 0.2) is 0 Å². The van der Waals surface area contributed by atoms with Crippen molar-refractivity contribution in [2.75, 3.05) is 19.6 Å². The van der Waals surface area contributed by atoms with Crippen LogP contribution in [0.2, 0.25) is 0 Å². The lowest BCUT2D eigenvalue weighted by Gasteiger charge is -2.17. The van der Waals surface area contributed by atoms with E-state index in [0.29, 0.717) is 5.92 Å². The van der Waals surface area contributed by atoms with Gasteiger partial charge in [-0.25, -0.2) is 4.98 Å². The van der Waals surface area contributed by atoms with Crippen LogP contribution in [0.1, 0.15) is 44.1 Å². The van der Waals surface area contributed by atoms with E-state index in [0.717, 1.165) is 37.6 Å². The van der Waals surface area contributed by atoms with Gasteiger partial charge in [0.05, 0.1) is 5.69 Å². The maximum Gasteiger partial charge on any atom is 0.251 e. The first-order valence-corrected chi connectivity index (χ1v) is 6.55. The van der Waals surface area contributed by atoms with Gasteiger partial charge < -0.3 is 9.88 Å². The second kappa shape index (κ2) is 5.45. The summed E-state index contributed by atoms with van der Waals surface area (Å²) in [6.45, 7) is 7.36. The largest absolute Gasteiger partial charge is 0.311 e. The highest BCUT2D eigenvalue weighted by atomic mass is 16.1. The fourth-order valence-electron chi connectivity index (χ4n) is 2.04. The molecule has 0 atom stereocenters. The van der Waals surface area contributed by atoms with Gasteiger partial charge in [0.2, 0.25) is 0 Å². The first-order chi connectivity index (χ1) is 8.22. The van der Waals surface area contributed by atoms with Crippen LogP contribution in [-0.2, 0) is 6.42 Å². The van der Waals surface area contributed by atoms with E-state index in [1.165, 1.54) is 12.8 Å². The number of nitrogens with zero attached hydrogens (tertiary/aromatic N) is 2. The van der Waals surface area contributed by atoms with Crippen LogP contribution >= 0.6 is 0 Å². The first-order valence-electron chi connectivity index (χ1n) is 6.55. The lowest BCUT2D eigenvalue weighted by atomic mass is 10.2. The normalized spacial score (nSPS) is 15.5. The number of nitrogens with one attached hydrogen (secondary N) is 1. The molecule has 0 aromatic carbocycles. The summed E-state index contributed by atoms with van der Waals surface area (Å²) in [6.07, 6.45) is 3.20. The van der Waals surface area contributed by atoms with Crippen molar-refractivity contribution in [3.05, 3.63) is 27.9 Å². The number of H-pyrrole nitrogens is 1. The fraction of sp³-hybridized carbons (Fsp3) is 0.692. The Bertz CT molecular complexity index is 419. The van der Waals surface area contributed by atoms with Crippen LogP contribution in [0.3, 0.4) is 0 Å². The average molecular weight is 235 g/mol. The number of hydrogen-bond donors (Lipinski definition) is 1. The molecule has 1 aliphatic rings. The van der Waals surface area contributed by atoms with Gasteiger partial charge in [-0.15, -0.1) is 0 Å². The zero-order valence-corrected chi connectivity index (χ0v) is 10.7. The van der Waals surface area contributed by atoms with Crippen molar-refractivity contribution in [3.8, 4) is 0 Å². The van der Waals surface area contributed by atoms with Gasteiger partial charge in [0.25, 0.3) is 5.56 Å². The monoisotopic (exact) mass is 235 g/mol. The summed E-state index contributed by atoms with van der Waals surface area (Å²) in [5.41, 5.74) is 0.986. The Balaban J connectivity index is 2.02. The van der Waals surface area contributed by atoms with E-state index in [9.17, 15) is 4.79 Å². The molecule has 4 heteroatoms. The minimum atomic E-state index is -0.00329. The molecule has 0 bridgehead atoms. The third-order valence-electron chi connectivity index (χ3n) is 3.37. The van der Waals surface area contributed by atoms with Crippen LogP contribution in [0.4, 0.5) is 0 Å². The maximum atomic E-state index is 11.5. The van der Waals surface area contributed by atoms with E-state index in [2.05, 4.69) is 28.7 Å². The molecule has 1 aliphatic carbocycles. The Kier molecular flexibility index (Phi) is 3.94. The molecule has 4 nitrogen and oxygen atoms in total. The highest BCUT2D eigenvalue weighted by Crippen LogP contribution is 2.38. The Labute approximate surface area is 102 Å². The second-order valence-electron chi connectivity index (χ2n) is 4.67. The molecular weight excluding hydrogens is 214 g/mol. The lowest BCUT2D eigenvalue weighted by molar-refractivity contribution is 0.305. The van der Waals surface area contributed by atoms with Crippen LogP contribution in [0.5, 0.6) is 0 Å². The van der Waals surface area contributed by atoms with Crippen molar-refractivity contribution >= 4 is 0 Å². The lowest BCUT2D eigenvalue weighted by Crippen LogP contribution is -2.26. The molecule has 2 rings (SSSR count). The number of aromatic amines is 1. The fourth-order valence-corrected chi connectivity index (χ4v) is 2.04. The molecule has 1 saturated carbocycles. The zero-order chi connectivity index (χ0) is 12.3. The molecule has 0 amide bonds. The molecule has 0 radical (unpaired) electrons. The summed E-state index contributed by atoms with van der Waals surface area (Å²) >= 11 is 0. The Morgan fingerprint density at radius 2 is 2.12 bits per heavy atom. The van der Waals surface area contributed by atoms with E-state index < -0.39 is 0 Å². The predicted octanol–water partition coefficient (Wildman–Crippen LogP) is 1.53. The molecule has 1 heterocycles. The van der Waals surface area contributed by atoms with Gasteiger partial charge in [0.1, 0.15) is 5.82 Å². The summed E-state index contributed by atoms with van der Waals surface area (Å²) in [5, 5.41) is 0. The van der Waals surface area contributed by atoms with Crippen molar-refractivity contribution < 1.29 is 0 Å². The first kappa shape index (κ1) is 12.3. The highest BCUT2D eigenvalue weighted by Gasteiger charge is 2.25. The average Bonchev–Trinajstić information content (AvgIpc) is 3.13. The minimum absolute atomic E-state index is 0.00329.